The van der Waals surface area contributed by atoms with Gasteiger partial charge in [-0.05, 0) is 24.5 Å². The summed E-state index contributed by atoms with van der Waals surface area (Å²) >= 11 is 0. The number of nitrogens with two attached hydrogens (primary N) is 1. The summed E-state index contributed by atoms with van der Waals surface area (Å²) in [5, 5.41) is 8.57. The van der Waals surface area contributed by atoms with Gasteiger partial charge in [-0.2, -0.15) is 0 Å². The van der Waals surface area contributed by atoms with Crippen LogP contribution in [0.15, 0.2) is 18.5 Å². The molecule has 1 aromatic heterocycles. The molecule has 0 aliphatic carbocycles. The van der Waals surface area contributed by atoms with Crippen LogP contribution in [0.25, 0.3) is 0 Å². The molecule has 0 atom stereocenters. The number of aliphatic hydroxyl groups excluding tert-OH is 1. The van der Waals surface area contributed by atoms with Crippen molar-refractivity contribution < 1.29 is 5.11 Å². The van der Waals surface area contributed by atoms with E-state index in [0.29, 0.717) is 6.54 Å². The van der Waals surface area contributed by atoms with Gasteiger partial charge in [-0.3, -0.25) is 0 Å². The Labute approximate surface area is 72.8 Å². The van der Waals surface area contributed by atoms with E-state index in [9.17, 15) is 0 Å². The minimum absolute atomic E-state index is 0.283. The van der Waals surface area contributed by atoms with Crippen LogP contribution in [0.4, 0.5) is 0 Å². The lowest BCUT2D eigenvalue weighted by Crippen LogP contribution is -1.97. The van der Waals surface area contributed by atoms with Crippen LogP contribution in [0.1, 0.15) is 18.4 Å². The van der Waals surface area contributed by atoms with E-state index in [-0.39, 0.29) is 6.61 Å². The zero-order valence-electron chi connectivity index (χ0n) is 7.24. The standard InChI is InChI=1S/C9H16N2O/c10-7-9-3-5-11(8-9)4-1-2-6-12/h3,5,8,12H,1-2,4,6-7,10H2. The fourth-order valence-corrected chi connectivity index (χ4v) is 1.16. The minimum atomic E-state index is 0.283. The number of hydrogen-bond donors (Lipinski definition) is 2. The Balaban J connectivity index is 2.31. The number of aryl methyl sites for hydroxylation is 1. The number of rotatable bonds is 5. The molecule has 0 fully saturated rings. The predicted octanol–water partition coefficient (Wildman–Crippen LogP) is 0.719. The maximum absolute atomic E-state index is 8.57. The quantitative estimate of drug-likeness (QED) is 0.636. The van der Waals surface area contributed by atoms with Gasteiger partial charge in [0.15, 0.2) is 0 Å². The second-order valence-corrected chi connectivity index (χ2v) is 2.89. The first-order chi connectivity index (χ1) is 5.86. The van der Waals surface area contributed by atoms with E-state index in [1.165, 1.54) is 5.56 Å². The van der Waals surface area contributed by atoms with Gasteiger partial charge in [-0.15, -0.1) is 0 Å². The number of nitrogens with zero attached hydrogens (tertiary/aromatic N) is 1. The van der Waals surface area contributed by atoms with Gasteiger partial charge in [0.05, 0.1) is 0 Å². The maximum atomic E-state index is 8.57. The third-order valence-electron chi connectivity index (χ3n) is 1.87. The third-order valence-corrected chi connectivity index (χ3v) is 1.87. The van der Waals surface area contributed by atoms with E-state index in [1.54, 1.807) is 0 Å². The van der Waals surface area contributed by atoms with Gasteiger partial charge in [0.1, 0.15) is 0 Å². The number of hydrogen-bond acceptors (Lipinski definition) is 2. The van der Waals surface area contributed by atoms with Crippen LogP contribution in [0.2, 0.25) is 0 Å². The van der Waals surface area contributed by atoms with Crippen LogP contribution in [-0.2, 0) is 13.1 Å². The molecule has 0 aliphatic heterocycles. The highest BCUT2D eigenvalue weighted by Crippen LogP contribution is 2.01. The van der Waals surface area contributed by atoms with Crippen molar-refractivity contribution in [3.8, 4) is 0 Å². The summed E-state index contributed by atoms with van der Waals surface area (Å²) in [7, 11) is 0. The Morgan fingerprint density at radius 3 is 2.83 bits per heavy atom. The fourth-order valence-electron chi connectivity index (χ4n) is 1.16. The topological polar surface area (TPSA) is 51.2 Å². The molecule has 0 bridgehead atoms. The molecular formula is C9H16N2O. The molecule has 0 radical (unpaired) electrons. The Morgan fingerprint density at radius 1 is 1.42 bits per heavy atom. The van der Waals surface area contributed by atoms with Gasteiger partial charge in [0.25, 0.3) is 0 Å². The largest absolute Gasteiger partial charge is 0.396 e. The molecule has 1 heterocycles. The lowest BCUT2D eigenvalue weighted by atomic mass is 10.3. The van der Waals surface area contributed by atoms with Gasteiger partial charge < -0.3 is 15.4 Å². The van der Waals surface area contributed by atoms with Gasteiger partial charge in [0, 0.05) is 32.1 Å². The van der Waals surface area contributed by atoms with Crippen LogP contribution in [0.3, 0.4) is 0 Å². The van der Waals surface area contributed by atoms with Crippen molar-refractivity contribution in [2.75, 3.05) is 6.61 Å². The van der Waals surface area contributed by atoms with Crippen LogP contribution in [0, 0.1) is 0 Å². The second kappa shape index (κ2) is 4.95. The molecule has 0 saturated carbocycles. The highest BCUT2D eigenvalue weighted by atomic mass is 16.2. The molecule has 0 amide bonds. The van der Waals surface area contributed by atoms with Crippen molar-refractivity contribution in [3.63, 3.8) is 0 Å². The van der Waals surface area contributed by atoms with Crippen molar-refractivity contribution in [1.82, 2.24) is 4.57 Å². The first kappa shape index (κ1) is 9.29. The summed E-state index contributed by atoms with van der Waals surface area (Å²) in [6.07, 6.45) is 5.97. The lowest BCUT2D eigenvalue weighted by molar-refractivity contribution is 0.281. The summed E-state index contributed by atoms with van der Waals surface area (Å²) in [6, 6.07) is 2.03. The molecule has 0 unspecified atom stereocenters. The molecule has 1 rings (SSSR count). The van der Waals surface area contributed by atoms with Crippen LogP contribution >= 0.6 is 0 Å². The summed E-state index contributed by atoms with van der Waals surface area (Å²) in [6.45, 7) is 1.86. The van der Waals surface area contributed by atoms with Crippen molar-refractivity contribution in [1.29, 1.82) is 0 Å². The van der Waals surface area contributed by atoms with Gasteiger partial charge in [0.2, 0.25) is 0 Å². The van der Waals surface area contributed by atoms with Gasteiger partial charge >= 0.3 is 0 Å². The monoisotopic (exact) mass is 168 g/mol. The first-order valence-electron chi connectivity index (χ1n) is 4.32. The van der Waals surface area contributed by atoms with Crippen molar-refractivity contribution in [2.24, 2.45) is 5.73 Å². The molecule has 3 heteroatoms. The normalized spacial score (nSPS) is 10.5. The summed E-state index contributed by atoms with van der Waals surface area (Å²) < 4.78 is 2.11. The Morgan fingerprint density at radius 2 is 2.25 bits per heavy atom. The molecule has 68 valence electrons. The average Bonchev–Trinajstić information content (AvgIpc) is 2.53. The van der Waals surface area contributed by atoms with E-state index in [4.69, 9.17) is 10.8 Å². The zero-order chi connectivity index (χ0) is 8.81. The molecule has 3 nitrogen and oxygen atoms in total. The van der Waals surface area contributed by atoms with Gasteiger partial charge in [-0.1, -0.05) is 0 Å². The van der Waals surface area contributed by atoms with Crippen molar-refractivity contribution in [2.45, 2.75) is 25.9 Å². The van der Waals surface area contributed by atoms with Crippen molar-refractivity contribution in [3.05, 3.63) is 24.0 Å². The number of aromatic nitrogens is 1. The van der Waals surface area contributed by atoms with E-state index in [0.717, 1.165) is 19.4 Å². The molecular weight excluding hydrogens is 152 g/mol. The number of unbranched alkanes of at least 4 members (excludes halogenated alkanes) is 1. The summed E-state index contributed by atoms with van der Waals surface area (Å²) in [5.41, 5.74) is 6.63. The van der Waals surface area contributed by atoms with Gasteiger partial charge in [-0.25, -0.2) is 0 Å². The van der Waals surface area contributed by atoms with Crippen LogP contribution < -0.4 is 5.73 Å². The minimum Gasteiger partial charge on any atom is -0.396 e. The van der Waals surface area contributed by atoms with E-state index in [2.05, 4.69) is 10.8 Å². The van der Waals surface area contributed by atoms with E-state index in [1.807, 2.05) is 12.3 Å². The molecule has 12 heavy (non-hydrogen) atoms. The van der Waals surface area contributed by atoms with Crippen LogP contribution in [-0.4, -0.2) is 16.3 Å². The first-order valence-corrected chi connectivity index (χ1v) is 4.32. The Bertz CT molecular complexity index is 220. The smallest absolute Gasteiger partial charge is 0.0431 e. The number of aliphatic hydroxyl groups is 1. The third kappa shape index (κ3) is 2.68. The SMILES string of the molecule is NCc1ccn(CCCCO)c1. The van der Waals surface area contributed by atoms with E-state index >= 15 is 0 Å². The second-order valence-electron chi connectivity index (χ2n) is 2.89. The molecule has 0 aliphatic rings. The van der Waals surface area contributed by atoms with Crippen molar-refractivity contribution >= 4 is 0 Å². The fraction of sp³-hybridized carbons (Fsp3) is 0.556. The summed E-state index contributed by atoms with van der Waals surface area (Å²) in [4.78, 5) is 0. The molecule has 3 N–H and O–H groups in total. The Kier molecular flexibility index (Phi) is 3.84. The average molecular weight is 168 g/mol. The predicted molar refractivity (Wildman–Crippen MR) is 48.6 cm³/mol. The summed E-state index contributed by atoms with van der Waals surface area (Å²) in [5.74, 6) is 0. The molecule has 0 saturated heterocycles. The zero-order valence-corrected chi connectivity index (χ0v) is 7.24. The lowest BCUT2D eigenvalue weighted by Gasteiger charge is -2.00. The highest BCUT2D eigenvalue weighted by Gasteiger charge is 1.93. The van der Waals surface area contributed by atoms with Crippen LogP contribution in [0.5, 0.6) is 0 Å². The molecule has 0 aromatic carbocycles. The van der Waals surface area contributed by atoms with E-state index < -0.39 is 0 Å². The highest BCUT2D eigenvalue weighted by molar-refractivity contribution is 5.09. The molecule has 0 spiro atoms. The maximum Gasteiger partial charge on any atom is 0.0431 e. The molecule has 1 aromatic rings. The Hall–Kier alpha value is -0.800.